The van der Waals surface area contributed by atoms with Crippen LogP contribution in [0.5, 0.6) is 0 Å². The van der Waals surface area contributed by atoms with Crippen molar-refractivity contribution in [3.63, 3.8) is 0 Å². The van der Waals surface area contributed by atoms with Crippen molar-refractivity contribution >= 4 is 23.0 Å². The van der Waals surface area contributed by atoms with Crippen LogP contribution in [0.2, 0.25) is 5.02 Å². The Kier molecular flexibility index (Phi) is 4.82. The molecule has 0 aromatic heterocycles. The maximum Gasteiger partial charge on any atom is 0.416 e. The zero-order valence-corrected chi connectivity index (χ0v) is 12.5. The first-order valence-electron chi connectivity index (χ1n) is 6.26. The average Bonchev–Trinajstić information content (AvgIpc) is 2.54. The minimum Gasteiger partial charge on any atom is -0.351 e. The van der Waals surface area contributed by atoms with E-state index < -0.39 is 51.0 Å². The summed E-state index contributed by atoms with van der Waals surface area (Å²) in [4.78, 5) is 0. The van der Waals surface area contributed by atoms with E-state index in [2.05, 4.69) is 5.32 Å². The van der Waals surface area contributed by atoms with Crippen molar-refractivity contribution in [1.29, 1.82) is 10.5 Å². The van der Waals surface area contributed by atoms with Crippen molar-refractivity contribution in [2.45, 2.75) is 6.18 Å². The minimum atomic E-state index is -4.68. The van der Waals surface area contributed by atoms with Crippen LogP contribution in [0.25, 0.3) is 0 Å². The number of hydrogen-bond donors (Lipinski definition) is 1. The summed E-state index contributed by atoms with van der Waals surface area (Å²) in [6.07, 6.45) is -4.68. The van der Waals surface area contributed by atoms with E-state index in [1.165, 1.54) is 6.07 Å². The molecule has 2 rings (SSSR count). The van der Waals surface area contributed by atoms with Gasteiger partial charge in [-0.05, 0) is 18.2 Å². The predicted molar refractivity (Wildman–Crippen MR) is 75.5 cm³/mol. The Morgan fingerprint density at radius 3 is 2.00 bits per heavy atom. The molecule has 0 saturated heterocycles. The highest BCUT2D eigenvalue weighted by molar-refractivity contribution is 6.33. The minimum absolute atomic E-state index is 0.325. The molecule has 25 heavy (non-hydrogen) atoms. The molecule has 0 atom stereocenters. The third kappa shape index (κ3) is 3.32. The Hall–Kier alpha value is -2.91. The largest absolute Gasteiger partial charge is 0.416 e. The summed E-state index contributed by atoms with van der Waals surface area (Å²) in [5.41, 5.74) is -4.72. The molecule has 1 N–H and O–H groups in total. The SMILES string of the molecule is N#Cc1c(F)c(F)c(Nc2ccc(C(F)(F)F)cc2Cl)c(C#N)c1F. The highest BCUT2D eigenvalue weighted by Gasteiger charge is 2.31. The van der Waals surface area contributed by atoms with Crippen molar-refractivity contribution in [1.82, 2.24) is 0 Å². The first-order valence-corrected chi connectivity index (χ1v) is 6.64. The second-order valence-electron chi connectivity index (χ2n) is 4.61. The van der Waals surface area contributed by atoms with Crippen molar-refractivity contribution in [2.75, 3.05) is 5.32 Å². The number of rotatable bonds is 2. The number of hydrogen-bond acceptors (Lipinski definition) is 3. The van der Waals surface area contributed by atoms with Gasteiger partial charge in [-0.2, -0.15) is 23.7 Å². The molecule has 0 saturated carbocycles. The topological polar surface area (TPSA) is 59.6 Å². The Balaban J connectivity index is 2.59. The van der Waals surface area contributed by atoms with Crippen molar-refractivity contribution < 1.29 is 26.3 Å². The average molecular weight is 376 g/mol. The van der Waals surface area contributed by atoms with Gasteiger partial charge in [0.05, 0.1) is 22.0 Å². The lowest BCUT2D eigenvalue weighted by Gasteiger charge is -2.14. The smallest absolute Gasteiger partial charge is 0.351 e. The number of anilines is 2. The number of benzene rings is 2. The van der Waals surface area contributed by atoms with Gasteiger partial charge in [-0.25, -0.2) is 13.2 Å². The van der Waals surface area contributed by atoms with Crippen LogP contribution in [0, 0.1) is 40.1 Å². The summed E-state index contributed by atoms with van der Waals surface area (Å²) < 4.78 is 79.4. The van der Waals surface area contributed by atoms with Crippen LogP contribution in [-0.4, -0.2) is 0 Å². The lowest BCUT2D eigenvalue weighted by atomic mass is 10.1. The summed E-state index contributed by atoms with van der Waals surface area (Å²) in [6.45, 7) is 0. The number of halogens is 7. The molecular formula is C15H4ClF6N3. The normalized spacial score (nSPS) is 10.9. The molecule has 0 spiro atoms. The van der Waals surface area contributed by atoms with Gasteiger partial charge < -0.3 is 5.32 Å². The monoisotopic (exact) mass is 375 g/mol. The number of nitrogens with zero attached hydrogens (tertiary/aromatic N) is 2. The van der Waals surface area contributed by atoms with E-state index in [1.54, 1.807) is 0 Å². The molecule has 10 heteroatoms. The standard InChI is InChI=1S/C15H4ClF6N3/c16-9-3-6(15(20,21)22)1-2-10(9)25-14-8(5-24)11(17)7(4-23)12(18)13(14)19/h1-3,25H. The number of alkyl halides is 3. The van der Waals surface area contributed by atoms with E-state index in [1.807, 2.05) is 0 Å². The summed E-state index contributed by atoms with van der Waals surface area (Å²) in [5.74, 6) is -5.19. The molecule has 0 fully saturated rings. The van der Waals surface area contributed by atoms with Crippen LogP contribution in [0.1, 0.15) is 16.7 Å². The van der Waals surface area contributed by atoms with Gasteiger partial charge in [0.2, 0.25) is 0 Å². The molecule has 0 aliphatic carbocycles. The van der Waals surface area contributed by atoms with E-state index in [0.717, 1.165) is 12.1 Å². The first kappa shape index (κ1) is 18.4. The quantitative estimate of drug-likeness (QED) is 0.575. The van der Waals surface area contributed by atoms with E-state index in [0.29, 0.717) is 12.1 Å². The number of nitriles is 2. The Morgan fingerprint density at radius 1 is 0.920 bits per heavy atom. The molecule has 0 bridgehead atoms. The third-order valence-electron chi connectivity index (χ3n) is 3.10. The summed E-state index contributed by atoms with van der Waals surface area (Å²) >= 11 is 5.66. The second kappa shape index (κ2) is 6.54. The Labute approximate surface area is 141 Å². The van der Waals surface area contributed by atoms with Crippen LogP contribution in [-0.2, 0) is 6.18 Å². The lowest BCUT2D eigenvalue weighted by Crippen LogP contribution is -2.08. The summed E-state index contributed by atoms with van der Waals surface area (Å²) in [7, 11) is 0. The lowest BCUT2D eigenvalue weighted by molar-refractivity contribution is -0.137. The number of nitrogens with one attached hydrogen (secondary N) is 1. The predicted octanol–water partition coefficient (Wildman–Crippen LogP) is 5.26. The van der Waals surface area contributed by atoms with E-state index in [-0.39, 0.29) is 5.69 Å². The Bertz CT molecular complexity index is 940. The van der Waals surface area contributed by atoms with E-state index in [9.17, 15) is 26.3 Å². The second-order valence-corrected chi connectivity index (χ2v) is 5.02. The van der Waals surface area contributed by atoms with Gasteiger partial charge in [0.1, 0.15) is 23.3 Å². The van der Waals surface area contributed by atoms with Gasteiger partial charge >= 0.3 is 6.18 Å². The maximum atomic E-state index is 14.0. The third-order valence-corrected chi connectivity index (χ3v) is 3.41. The molecule has 0 aliphatic rings. The van der Waals surface area contributed by atoms with Crippen LogP contribution in [0.3, 0.4) is 0 Å². The van der Waals surface area contributed by atoms with Crippen molar-refractivity contribution in [2.24, 2.45) is 0 Å². The van der Waals surface area contributed by atoms with Gasteiger partial charge in [0.25, 0.3) is 0 Å². The summed E-state index contributed by atoms with van der Waals surface area (Å²) in [6, 6.07) is 4.28. The fourth-order valence-corrected chi connectivity index (χ4v) is 2.14. The van der Waals surface area contributed by atoms with Gasteiger partial charge in [-0.3, -0.25) is 0 Å². The highest BCUT2D eigenvalue weighted by atomic mass is 35.5. The molecule has 2 aromatic rings. The van der Waals surface area contributed by atoms with Crippen molar-refractivity contribution in [3.8, 4) is 12.1 Å². The van der Waals surface area contributed by atoms with E-state index in [4.69, 9.17) is 22.1 Å². The first-order chi connectivity index (χ1) is 11.6. The molecule has 0 unspecified atom stereocenters. The molecule has 0 aliphatic heterocycles. The van der Waals surface area contributed by atoms with Gasteiger partial charge in [0.15, 0.2) is 17.5 Å². The fraction of sp³-hybridized carbons (Fsp3) is 0.0667. The van der Waals surface area contributed by atoms with Crippen LogP contribution < -0.4 is 5.32 Å². The maximum absolute atomic E-state index is 14.0. The molecule has 0 heterocycles. The van der Waals surface area contributed by atoms with Crippen LogP contribution in [0.15, 0.2) is 18.2 Å². The molecule has 128 valence electrons. The molecule has 3 nitrogen and oxygen atoms in total. The zero-order valence-electron chi connectivity index (χ0n) is 11.8. The zero-order chi connectivity index (χ0) is 18.9. The van der Waals surface area contributed by atoms with E-state index >= 15 is 0 Å². The van der Waals surface area contributed by atoms with Crippen molar-refractivity contribution in [3.05, 3.63) is 57.4 Å². The molecule has 0 amide bonds. The van der Waals surface area contributed by atoms with Gasteiger partial charge in [-0.15, -0.1) is 0 Å². The molecule has 0 radical (unpaired) electrons. The Morgan fingerprint density at radius 2 is 1.52 bits per heavy atom. The highest BCUT2D eigenvalue weighted by Crippen LogP contribution is 2.37. The molecular weight excluding hydrogens is 372 g/mol. The fourth-order valence-electron chi connectivity index (χ4n) is 1.91. The van der Waals surface area contributed by atoms with Gasteiger partial charge in [0, 0.05) is 0 Å². The van der Waals surface area contributed by atoms with Crippen LogP contribution >= 0.6 is 11.6 Å². The summed E-state index contributed by atoms with van der Waals surface area (Å²) in [5, 5.41) is 19.1. The molecule has 2 aromatic carbocycles. The van der Waals surface area contributed by atoms with Crippen LogP contribution in [0.4, 0.5) is 37.7 Å². The van der Waals surface area contributed by atoms with Gasteiger partial charge in [-0.1, -0.05) is 11.6 Å².